The van der Waals surface area contributed by atoms with Crippen molar-refractivity contribution in [3.05, 3.63) is 220 Å². The molecule has 0 aliphatic heterocycles. The summed E-state index contributed by atoms with van der Waals surface area (Å²) in [6.07, 6.45) is 20.3. The van der Waals surface area contributed by atoms with Gasteiger partial charge in [-0.05, 0) is 139 Å². The Morgan fingerprint density at radius 3 is 1.98 bits per heavy atom. The van der Waals surface area contributed by atoms with Gasteiger partial charge >= 0.3 is 0 Å². The molecule has 284 valence electrons. The van der Waals surface area contributed by atoms with Gasteiger partial charge in [0.15, 0.2) is 0 Å². The second-order valence-corrected chi connectivity index (χ2v) is 17.3. The second-order valence-electron chi connectivity index (χ2n) is 17.3. The number of allylic oxidation sites excluding steroid dienone is 11. The van der Waals surface area contributed by atoms with Crippen LogP contribution in [0.2, 0.25) is 0 Å². The van der Waals surface area contributed by atoms with Crippen molar-refractivity contribution in [2.24, 2.45) is 5.92 Å². The van der Waals surface area contributed by atoms with Crippen molar-refractivity contribution in [3.63, 3.8) is 0 Å². The van der Waals surface area contributed by atoms with Crippen LogP contribution in [-0.4, -0.2) is 0 Å². The molecule has 5 aromatic rings. The van der Waals surface area contributed by atoms with E-state index in [4.69, 9.17) is 0 Å². The van der Waals surface area contributed by atoms with Crippen LogP contribution < -0.4 is 4.90 Å². The van der Waals surface area contributed by atoms with E-state index < -0.39 is 0 Å². The maximum absolute atomic E-state index is 4.16. The third kappa shape index (κ3) is 5.97. The Bertz CT molecular complexity index is 2480. The number of nitrogens with zero attached hydrogens (tertiary/aromatic N) is 1. The number of benzene rings is 5. The molecule has 1 heteroatoms. The van der Waals surface area contributed by atoms with Crippen LogP contribution in [-0.2, 0) is 10.8 Å². The monoisotopic (exact) mass is 741 g/mol. The number of hydrogen-bond donors (Lipinski definition) is 0. The number of anilines is 3. The van der Waals surface area contributed by atoms with Crippen molar-refractivity contribution in [1.29, 1.82) is 0 Å². The van der Waals surface area contributed by atoms with E-state index in [9.17, 15) is 0 Å². The largest absolute Gasteiger partial charge is 0.310 e. The molecule has 5 aromatic carbocycles. The van der Waals surface area contributed by atoms with Crippen LogP contribution >= 0.6 is 0 Å². The number of rotatable bonds is 8. The summed E-state index contributed by atoms with van der Waals surface area (Å²) in [5.41, 5.74) is 20.7. The van der Waals surface area contributed by atoms with Gasteiger partial charge in [0, 0.05) is 28.4 Å². The van der Waals surface area contributed by atoms with Crippen molar-refractivity contribution in [3.8, 4) is 0 Å². The summed E-state index contributed by atoms with van der Waals surface area (Å²) in [6, 6.07) is 42.7. The molecule has 57 heavy (non-hydrogen) atoms. The van der Waals surface area contributed by atoms with Gasteiger partial charge in [-0.15, -0.1) is 0 Å². The maximum Gasteiger partial charge on any atom is 0.0523 e. The molecule has 0 radical (unpaired) electrons. The van der Waals surface area contributed by atoms with E-state index in [0.29, 0.717) is 5.92 Å². The lowest BCUT2D eigenvalue weighted by atomic mass is 9.63. The molecule has 0 saturated carbocycles. The Morgan fingerprint density at radius 1 is 0.737 bits per heavy atom. The fourth-order valence-electron chi connectivity index (χ4n) is 10.7. The van der Waals surface area contributed by atoms with Gasteiger partial charge < -0.3 is 4.90 Å². The summed E-state index contributed by atoms with van der Waals surface area (Å²) in [7, 11) is 0. The Kier molecular flexibility index (Phi) is 9.32. The van der Waals surface area contributed by atoms with Crippen molar-refractivity contribution in [1.82, 2.24) is 0 Å². The molecule has 0 spiro atoms. The van der Waals surface area contributed by atoms with Crippen molar-refractivity contribution in [2.75, 3.05) is 4.90 Å². The lowest BCUT2D eigenvalue weighted by Gasteiger charge is -2.39. The quantitative estimate of drug-likeness (QED) is 0.143. The molecule has 0 fully saturated rings. The van der Waals surface area contributed by atoms with Crippen molar-refractivity contribution in [2.45, 2.75) is 84.0 Å². The summed E-state index contributed by atoms with van der Waals surface area (Å²) < 4.78 is 0. The minimum atomic E-state index is -0.367. The summed E-state index contributed by atoms with van der Waals surface area (Å²) in [4.78, 5) is 2.51. The number of hydrogen-bond acceptors (Lipinski definition) is 1. The van der Waals surface area contributed by atoms with Gasteiger partial charge in [-0.2, -0.15) is 0 Å². The van der Waals surface area contributed by atoms with Gasteiger partial charge in [-0.25, -0.2) is 0 Å². The van der Waals surface area contributed by atoms with E-state index in [-0.39, 0.29) is 16.7 Å². The highest BCUT2D eigenvalue weighted by molar-refractivity contribution is 5.89. The molecule has 0 saturated heterocycles. The van der Waals surface area contributed by atoms with E-state index in [1.54, 1.807) is 5.57 Å². The molecule has 0 heterocycles. The third-order valence-electron chi connectivity index (χ3n) is 13.6. The average Bonchev–Trinajstić information content (AvgIpc) is 3.63. The highest BCUT2D eigenvalue weighted by atomic mass is 15.1. The van der Waals surface area contributed by atoms with Crippen LogP contribution in [0.15, 0.2) is 169 Å². The van der Waals surface area contributed by atoms with Gasteiger partial charge in [0.05, 0.1) is 5.41 Å². The summed E-state index contributed by atoms with van der Waals surface area (Å²) in [5.74, 6) is 0.634. The second kappa shape index (κ2) is 14.4. The van der Waals surface area contributed by atoms with Gasteiger partial charge in [-0.1, -0.05) is 165 Å². The van der Waals surface area contributed by atoms with Gasteiger partial charge in [-0.3, -0.25) is 0 Å². The molecular formula is C56H55N. The van der Waals surface area contributed by atoms with Crippen LogP contribution in [0.5, 0.6) is 0 Å². The Hall–Kier alpha value is -5.66. The van der Waals surface area contributed by atoms with Gasteiger partial charge in [0.2, 0.25) is 0 Å². The van der Waals surface area contributed by atoms with Crippen LogP contribution in [0, 0.1) is 19.8 Å². The smallest absolute Gasteiger partial charge is 0.0523 e. The summed E-state index contributed by atoms with van der Waals surface area (Å²) in [5, 5.41) is 0. The first-order valence-corrected chi connectivity index (χ1v) is 21.1. The molecule has 0 amide bonds. The third-order valence-corrected chi connectivity index (χ3v) is 13.6. The normalized spacial score (nSPS) is 20.1. The molecular weight excluding hydrogens is 687 g/mol. The molecule has 9 rings (SSSR count). The molecule has 0 bridgehead atoms. The topological polar surface area (TPSA) is 3.24 Å². The number of aryl methyl sites for hydroxylation is 2. The SMILES string of the molecule is C=C1C=CC(c2ccc(N(c3ccc4c(c3)C(C)(C)C3=C4C=CCC3)c3ccc4c(c3)C(c3ccc(C)cc3)(c3ccc(C)cc3)[C@H](/C=C\C)C4CC)cc2)=CC1. The fourth-order valence-corrected chi connectivity index (χ4v) is 10.7. The molecule has 4 aliphatic rings. The Balaban J connectivity index is 1.27. The van der Waals surface area contributed by atoms with Crippen LogP contribution in [0.3, 0.4) is 0 Å². The highest BCUT2D eigenvalue weighted by Crippen LogP contribution is 2.60. The lowest BCUT2D eigenvalue weighted by molar-refractivity contribution is 0.414. The molecule has 2 atom stereocenters. The van der Waals surface area contributed by atoms with Gasteiger partial charge in [0.1, 0.15) is 0 Å². The predicted octanol–water partition coefficient (Wildman–Crippen LogP) is 15.1. The molecule has 0 N–H and O–H groups in total. The highest BCUT2D eigenvalue weighted by Gasteiger charge is 2.52. The van der Waals surface area contributed by atoms with E-state index >= 15 is 0 Å². The van der Waals surface area contributed by atoms with Gasteiger partial charge in [0.25, 0.3) is 0 Å². The standard InChI is InChI=1S/C56H55N/c1-8-12-52-47(9-2)49-33-31-46(36-54(49)56(52,42-25-17-38(4)18-26-42)43-27-19-39(5)20-28-43)57(44-29-23-41(24-30-44)40-21-15-37(3)16-22-40)45-32-34-50-48-13-10-11-14-51(48)55(6,7)53(50)35-45/h8,10,12-13,15,17-36,47,52H,3,9,11,14,16H2,1-2,4-7H3/b12-8-/t47?,52-/m1/s1. The van der Waals surface area contributed by atoms with Crippen LogP contribution in [0.1, 0.15) is 109 Å². The number of fused-ring (bicyclic) bond motifs is 3. The zero-order valence-corrected chi connectivity index (χ0v) is 34.6. The van der Waals surface area contributed by atoms with E-state index in [1.807, 2.05) is 0 Å². The molecule has 4 aliphatic carbocycles. The maximum atomic E-state index is 4.16. The Morgan fingerprint density at radius 2 is 1.37 bits per heavy atom. The van der Waals surface area contributed by atoms with Crippen LogP contribution in [0.4, 0.5) is 17.1 Å². The molecule has 1 nitrogen and oxygen atoms in total. The first-order valence-electron chi connectivity index (χ1n) is 21.1. The minimum Gasteiger partial charge on any atom is -0.310 e. The predicted molar refractivity (Wildman–Crippen MR) is 244 cm³/mol. The van der Waals surface area contributed by atoms with E-state index in [2.05, 4.69) is 205 Å². The first kappa shape index (κ1) is 36.9. The average molecular weight is 742 g/mol. The Labute approximate surface area is 341 Å². The fraction of sp³-hybridized carbons (Fsp3) is 0.250. The van der Waals surface area contributed by atoms with E-state index in [1.165, 1.54) is 72.6 Å². The van der Waals surface area contributed by atoms with Crippen LogP contribution in [0.25, 0.3) is 11.1 Å². The van der Waals surface area contributed by atoms with E-state index in [0.717, 1.165) is 36.9 Å². The first-order chi connectivity index (χ1) is 27.6. The zero-order chi connectivity index (χ0) is 39.5. The van der Waals surface area contributed by atoms with Crippen molar-refractivity contribution >= 4 is 28.2 Å². The molecule has 0 aromatic heterocycles. The summed E-state index contributed by atoms with van der Waals surface area (Å²) >= 11 is 0. The molecule has 1 unspecified atom stereocenters. The lowest BCUT2D eigenvalue weighted by Crippen LogP contribution is -2.35. The minimum absolute atomic E-state index is 0.0250. The summed E-state index contributed by atoms with van der Waals surface area (Å²) in [6.45, 7) is 18.0. The van der Waals surface area contributed by atoms with Crippen molar-refractivity contribution < 1.29 is 0 Å². The zero-order valence-electron chi connectivity index (χ0n) is 34.6.